The maximum Gasteiger partial charge on any atom is 0.278 e. The molecule has 1 aliphatic rings. The van der Waals surface area contributed by atoms with E-state index in [-0.39, 0.29) is 17.9 Å². The van der Waals surface area contributed by atoms with Crippen molar-refractivity contribution < 1.29 is 19.1 Å². The minimum atomic E-state index is -0.315. The van der Waals surface area contributed by atoms with E-state index >= 15 is 0 Å². The molecule has 6 heteroatoms. The quantitative estimate of drug-likeness (QED) is 0.432. The first-order valence-corrected chi connectivity index (χ1v) is 11.1. The molecule has 2 aromatic rings. The molecule has 170 valence electrons. The largest absolute Gasteiger partial charge is 0.491 e. The monoisotopic (exact) mass is 436 g/mol. The van der Waals surface area contributed by atoms with Gasteiger partial charge in [-0.1, -0.05) is 24.3 Å². The topological polar surface area (TPSA) is 67.9 Å². The standard InChI is InChI=1S/C26H32N2O4/c1-6-31-15-7-14-28-25(29)23(20-10-12-21(13-11-20)32-17(2)3)24(26(28)30)27-22-16-18(4)8-9-19(22)5/h8-13,16-17,27H,6-7,14-15H2,1-5H3. The first kappa shape index (κ1) is 23.5. The third kappa shape index (κ3) is 5.37. The number of amides is 2. The molecule has 6 nitrogen and oxygen atoms in total. The van der Waals surface area contributed by atoms with Gasteiger partial charge in [0.1, 0.15) is 11.4 Å². The van der Waals surface area contributed by atoms with Gasteiger partial charge in [0.15, 0.2) is 0 Å². The number of benzene rings is 2. The Morgan fingerprint density at radius 3 is 2.38 bits per heavy atom. The molecule has 2 amide bonds. The van der Waals surface area contributed by atoms with E-state index in [4.69, 9.17) is 9.47 Å². The summed E-state index contributed by atoms with van der Waals surface area (Å²) in [6.45, 7) is 11.2. The number of rotatable bonds is 10. The zero-order chi connectivity index (χ0) is 23.3. The Morgan fingerprint density at radius 2 is 1.72 bits per heavy atom. The van der Waals surface area contributed by atoms with Crippen molar-refractivity contribution in [2.24, 2.45) is 0 Å². The number of carbonyl (C=O) groups is 2. The summed E-state index contributed by atoms with van der Waals surface area (Å²) in [6, 6.07) is 13.3. The molecule has 0 aromatic heterocycles. The molecule has 2 aromatic carbocycles. The SMILES string of the molecule is CCOCCCN1C(=O)C(Nc2cc(C)ccc2C)=C(c2ccc(OC(C)C)cc2)C1=O. The Morgan fingerprint density at radius 1 is 1.00 bits per heavy atom. The minimum Gasteiger partial charge on any atom is -0.491 e. The van der Waals surface area contributed by atoms with Gasteiger partial charge in [-0.2, -0.15) is 0 Å². The highest BCUT2D eigenvalue weighted by Crippen LogP contribution is 2.32. The van der Waals surface area contributed by atoms with Crippen LogP contribution in [0, 0.1) is 13.8 Å². The maximum atomic E-state index is 13.3. The number of anilines is 1. The zero-order valence-electron chi connectivity index (χ0n) is 19.5. The van der Waals surface area contributed by atoms with Crippen LogP contribution in [0.2, 0.25) is 0 Å². The Balaban J connectivity index is 1.96. The number of ether oxygens (including phenoxy) is 2. The maximum absolute atomic E-state index is 13.3. The van der Waals surface area contributed by atoms with Crippen molar-refractivity contribution in [3.63, 3.8) is 0 Å². The predicted octanol–water partition coefficient (Wildman–Crippen LogP) is 4.71. The molecule has 1 aliphatic heterocycles. The van der Waals surface area contributed by atoms with Crippen molar-refractivity contribution in [2.45, 2.75) is 47.1 Å². The van der Waals surface area contributed by atoms with Crippen molar-refractivity contribution in [1.29, 1.82) is 0 Å². The van der Waals surface area contributed by atoms with Crippen LogP contribution in [-0.2, 0) is 14.3 Å². The molecule has 1 N–H and O–H groups in total. The van der Waals surface area contributed by atoms with E-state index in [9.17, 15) is 9.59 Å². The molecular formula is C26H32N2O4. The number of carbonyl (C=O) groups excluding carboxylic acids is 2. The molecule has 3 rings (SSSR count). The number of nitrogens with one attached hydrogen (secondary N) is 1. The Kier molecular flexibility index (Phi) is 7.70. The number of imide groups is 1. The van der Waals surface area contributed by atoms with Gasteiger partial charge in [0.25, 0.3) is 11.8 Å². The van der Waals surface area contributed by atoms with Crippen molar-refractivity contribution in [2.75, 3.05) is 25.1 Å². The van der Waals surface area contributed by atoms with Gasteiger partial charge in [0.05, 0.1) is 11.7 Å². The first-order chi connectivity index (χ1) is 15.3. The van der Waals surface area contributed by atoms with Crippen LogP contribution in [0.4, 0.5) is 5.69 Å². The average molecular weight is 437 g/mol. The second-order valence-electron chi connectivity index (χ2n) is 8.20. The lowest BCUT2D eigenvalue weighted by atomic mass is 10.0. The summed E-state index contributed by atoms with van der Waals surface area (Å²) in [5.41, 5.74) is 4.24. The van der Waals surface area contributed by atoms with Crippen molar-refractivity contribution in [3.8, 4) is 5.75 Å². The molecule has 0 atom stereocenters. The number of hydrogen-bond acceptors (Lipinski definition) is 5. The average Bonchev–Trinajstić information content (AvgIpc) is 2.98. The van der Waals surface area contributed by atoms with Gasteiger partial charge in [0, 0.05) is 25.4 Å². The van der Waals surface area contributed by atoms with Crippen LogP contribution in [0.25, 0.3) is 5.57 Å². The molecular weight excluding hydrogens is 404 g/mol. The van der Waals surface area contributed by atoms with Crippen LogP contribution >= 0.6 is 0 Å². The second kappa shape index (κ2) is 10.5. The van der Waals surface area contributed by atoms with E-state index in [1.165, 1.54) is 4.90 Å². The molecule has 0 saturated heterocycles. The van der Waals surface area contributed by atoms with Gasteiger partial charge in [-0.25, -0.2) is 0 Å². The highest BCUT2D eigenvalue weighted by atomic mass is 16.5. The summed E-state index contributed by atoms with van der Waals surface area (Å²) >= 11 is 0. The normalized spacial score (nSPS) is 14.0. The van der Waals surface area contributed by atoms with Crippen LogP contribution in [0.5, 0.6) is 5.75 Å². The number of nitrogens with zero attached hydrogens (tertiary/aromatic N) is 1. The van der Waals surface area contributed by atoms with Gasteiger partial charge in [0.2, 0.25) is 0 Å². The molecule has 1 heterocycles. The van der Waals surface area contributed by atoms with Gasteiger partial charge in [-0.3, -0.25) is 14.5 Å². The predicted molar refractivity (Wildman–Crippen MR) is 126 cm³/mol. The molecule has 0 aliphatic carbocycles. The molecule has 0 spiro atoms. The molecule has 32 heavy (non-hydrogen) atoms. The fourth-order valence-electron chi connectivity index (χ4n) is 3.61. The van der Waals surface area contributed by atoms with E-state index < -0.39 is 0 Å². The van der Waals surface area contributed by atoms with Gasteiger partial charge < -0.3 is 14.8 Å². The van der Waals surface area contributed by atoms with Gasteiger partial charge >= 0.3 is 0 Å². The lowest BCUT2D eigenvalue weighted by Gasteiger charge is -2.15. The Hall–Kier alpha value is -3.12. The third-order valence-electron chi connectivity index (χ3n) is 5.21. The van der Waals surface area contributed by atoms with E-state index in [0.29, 0.717) is 43.0 Å². The minimum absolute atomic E-state index is 0.0529. The van der Waals surface area contributed by atoms with Crippen LogP contribution in [0.1, 0.15) is 43.9 Å². The van der Waals surface area contributed by atoms with E-state index in [2.05, 4.69) is 5.32 Å². The van der Waals surface area contributed by atoms with Crippen molar-refractivity contribution in [1.82, 2.24) is 4.90 Å². The van der Waals surface area contributed by atoms with Gasteiger partial charge in [-0.15, -0.1) is 0 Å². The summed E-state index contributed by atoms with van der Waals surface area (Å²) in [6.07, 6.45) is 0.647. The molecule has 0 saturated carbocycles. The lowest BCUT2D eigenvalue weighted by molar-refractivity contribution is -0.137. The van der Waals surface area contributed by atoms with Crippen LogP contribution in [-0.4, -0.2) is 42.6 Å². The Labute approximate surface area is 190 Å². The zero-order valence-corrected chi connectivity index (χ0v) is 19.5. The first-order valence-electron chi connectivity index (χ1n) is 11.1. The van der Waals surface area contributed by atoms with E-state index in [1.54, 1.807) is 0 Å². The summed E-state index contributed by atoms with van der Waals surface area (Å²) in [5, 5.41) is 3.26. The van der Waals surface area contributed by atoms with E-state index in [1.807, 2.05) is 77.1 Å². The summed E-state index contributed by atoms with van der Waals surface area (Å²) < 4.78 is 11.1. The van der Waals surface area contributed by atoms with E-state index in [0.717, 1.165) is 22.6 Å². The van der Waals surface area contributed by atoms with Crippen LogP contribution in [0.15, 0.2) is 48.2 Å². The highest BCUT2D eigenvalue weighted by Gasteiger charge is 2.39. The van der Waals surface area contributed by atoms with Crippen LogP contribution < -0.4 is 10.1 Å². The van der Waals surface area contributed by atoms with Crippen LogP contribution in [0.3, 0.4) is 0 Å². The molecule has 0 bridgehead atoms. The third-order valence-corrected chi connectivity index (χ3v) is 5.21. The second-order valence-corrected chi connectivity index (χ2v) is 8.20. The van der Waals surface area contributed by atoms with Crippen molar-refractivity contribution in [3.05, 3.63) is 64.9 Å². The Bertz CT molecular complexity index is 1010. The molecule has 0 fully saturated rings. The summed E-state index contributed by atoms with van der Waals surface area (Å²) in [7, 11) is 0. The molecule has 0 radical (unpaired) electrons. The van der Waals surface area contributed by atoms with Gasteiger partial charge in [-0.05, 0) is 75.9 Å². The number of hydrogen-bond donors (Lipinski definition) is 1. The highest BCUT2D eigenvalue weighted by molar-refractivity contribution is 6.36. The summed E-state index contributed by atoms with van der Waals surface area (Å²) in [4.78, 5) is 27.9. The van der Waals surface area contributed by atoms with Crippen molar-refractivity contribution >= 4 is 23.1 Å². The smallest absolute Gasteiger partial charge is 0.278 e. The fraction of sp³-hybridized carbons (Fsp3) is 0.385. The summed E-state index contributed by atoms with van der Waals surface area (Å²) in [5.74, 6) is 0.112. The number of aryl methyl sites for hydroxylation is 2. The fourth-order valence-corrected chi connectivity index (χ4v) is 3.61. The lowest BCUT2D eigenvalue weighted by Crippen LogP contribution is -2.34. The molecule has 0 unspecified atom stereocenters.